The summed E-state index contributed by atoms with van der Waals surface area (Å²) in [7, 11) is 0. The molecule has 1 atom stereocenters. The van der Waals surface area contributed by atoms with Gasteiger partial charge in [-0.15, -0.1) is 0 Å². The van der Waals surface area contributed by atoms with Gasteiger partial charge in [0, 0.05) is 10.0 Å². The molecule has 0 aliphatic carbocycles. The second kappa shape index (κ2) is 5.22. The molecule has 0 spiro atoms. The van der Waals surface area contributed by atoms with E-state index in [1.54, 1.807) is 25.1 Å². The normalized spacial score (nSPS) is 14.3. The van der Waals surface area contributed by atoms with Crippen LogP contribution in [0.15, 0.2) is 46.9 Å². The van der Waals surface area contributed by atoms with E-state index < -0.39 is 5.60 Å². The largest absolute Gasteiger partial charge is 0.381 e. The zero-order valence-corrected chi connectivity index (χ0v) is 12.7. The Morgan fingerprint density at radius 2 is 1.72 bits per heavy atom. The van der Waals surface area contributed by atoms with Gasteiger partial charge in [0.05, 0.1) is 10.0 Å². The van der Waals surface area contributed by atoms with Crippen molar-refractivity contribution < 1.29 is 5.11 Å². The van der Waals surface area contributed by atoms with Crippen molar-refractivity contribution in [1.82, 2.24) is 0 Å². The molecule has 2 aromatic rings. The Balaban J connectivity index is 2.54. The van der Waals surface area contributed by atoms with Crippen molar-refractivity contribution in [3.05, 3.63) is 68.1 Å². The third-order valence-electron chi connectivity index (χ3n) is 2.88. The summed E-state index contributed by atoms with van der Waals surface area (Å²) in [5.41, 5.74) is 0.348. The van der Waals surface area contributed by atoms with Crippen molar-refractivity contribution in [2.45, 2.75) is 12.5 Å². The van der Waals surface area contributed by atoms with Crippen LogP contribution in [0.1, 0.15) is 18.1 Å². The van der Waals surface area contributed by atoms with Crippen LogP contribution in [0.25, 0.3) is 0 Å². The van der Waals surface area contributed by atoms with E-state index in [2.05, 4.69) is 15.9 Å². The summed E-state index contributed by atoms with van der Waals surface area (Å²) in [6, 6.07) is 12.7. The van der Waals surface area contributed by atoms with Gasteiger partial charge in [0.2, 0.25) is 0 Å². The minimum Gasteiger partial charge on any atom is -0.381 e. The first kappa shape index (κ1) is 13.9. The molecule has 4 heteroatoms. The summed E-state index contributed by atoms with van der Waals surface area (Å²) < 4.78 is 0.848. The maximum Gasteiger partial charge on any atom is 0.113 e. The van der Waals surface area contributed by atoms with Gasteiger partial charge in [-0.25, -0.2) is 0 Å². The van der Waals surface area contributed by atoms with Crippen LogP contribution in [-0.4, -0.2) is 5.11 Å². The molecule has 0 heterocycles. The third kappa shape index (κ3) is 2.57. The molecular formula is C14H11BrCl2O. The van der Waals surface area contributed by atoms with Crippen LogP contribution in [0.5, 0.6) is 0 Å². The van der Waals surface area contributed by atoms with Gasteiger partial charge in [-0.3, -0.25) is 0 Å². The van der Waals surface area contributed by atoms with Gasteiger partial charge in [0.1, 0.15) is 5.60 Å². The molecule has 0 aliphatic rings. The summed E-state index contributed by atoms with van der Waals surface area (Å²) in [6.45, 7) is 1.73. The Morgan fingerprint density at radius 3 is 2.33 bits per heavy atom. The van der Waals surface area contributed by atoms with Crippen LogP contribution in [-0.2, 0) is 5.60 Å². The van der Waals surface area contributed by atoms with Gasteiger partial charge in [0.15, 0.2) is 0 Å². The van der Waals surface area contributed by atoms with Crippen molar-refractivity contribution in [3.63, 3.8) is 0 Å². The highest BCUT2D eigenvalue weighted by Gasteiger charge is 2.28. The summed E-state index contributed by atoms with van der Waals surface area (Å²) in [6.07, 6.45) is 0. The standard InChI is InChI=1S/C14H11BrCl2O/c1-14(18,10-4-2-3-5-11(10)15)9-6-7-12(16)13(17)8-9/h2-8,18H,1H3. The van der Waals surface area contributed by atoms with Crippen molar-refractivity contribution in [3.8, 4) is 0 Å². The first-order valence-electron chi connectivity index (χ1n) is 5.36. The molecule has 0 bridgehead atoms. The average Bonchev–Trinajstić information content (AvgIpc) is 2.33. The summed E-state index contributed by atoms with van der Waals surface area (Å²) in [5.74, 6) is 0. The molecule has 0 saturated carbocycles. The molecule has 1 unspecified atom stereocenters. The minimum atomic E-state index is -1.13. The monoisotopic (exact) mass is 344 g/mol. The van der Waals surface area contributed by atoms with Crippen LogP contribution in [0.2, 0.25) is 10.0 Å². The molecule has 0 saturated heterocycles. The highest BCUT2D eigenvalue weighted by molar-refractivity contribution is 9.10. The van der Waals surface area contributed by atoms with E-state index in [0.29, 0.717) is 15.6 Å². The zero-order chi connectivity index (χ0) is 13.3. The van der Waals surface area contributed by atoms with Gasteiger partial charge >= 0.3 is 0 Å². The lowest BCUT2D eigenvalue weighted by atomic mass is 9.88. The minimum absolute atomic E-state index is 0.432. The van der Waals surface area contributed by atoms with Crippen LogP contribution in [0, 0.1) is 0 Å². The van der Waals surface area contributed by atoms with Gasteiger partial charge < -0.3 is 5.11 Å². The quantitative estimate of drug-likeness (QED) is 0.810. The maximum absolute atomic E-state index is 10.7. The molecule has 0 aliphatic heterocycles. The van der Waals surface area contributed by atoms with Gasteiger partial charge in [-0.05, 0) is 30.7 Å². The summed E-state index contributed by atoms with van der Waals surface area (Å²) >= 11 is 15.3. The molecule has 2 rings (SSSR count). The second-order valence-corrected chi connectivity index (χ2v) is 5.85. The fourth-order valence-corrected chi connectivity index (χ4v) is 2.78. The number of halogens is 3. The second-order valence-electron chi connectivity index (χ2n) is 4.18. The molecule has 94 valence electrons. The lowest BCUT2D eigenvalue weighted by molar-refractivity contribution is 0.101. The fourth-order valence-electron chi connectivity index (χ4n) is 1.81. The Hall–Kier alpha value is -0.540. The van der Waals surface area contributed by atoms with E-state index in [1.165, 1.54) is 0 Å². The predicted molar refractivity (Wildman–Crippen MR) is 79.3 cm³/mol. The van der Waals surface area contributed by atoms with Gasteiger partial charge in [-0.1, -0.05) is 63.4 Å². The molecule has 0 radical (unpaired) electrons. The average molecular weight is 346 g/mol. The predicted octanol–water partition coefficient (Wildman–Crippen LogP) is 5.01. The number of benzene rings is 2. The number of hydrogen-bond donors (Lipinski definition) is 1. The lowest BCUT2D eigenvalue weighted by Gasteiger charge is -2.26. The topological polar surface area (TPSA) is 20.2 Å². The van der Waals surface area contributed by atoms with Crippen molar-refractivity contribution >= 4 is 39.1 Å². The molecule has 1 nitrogen and oxygen atoms in total. The third-order valence-corrected chi connectivity index (χ3v) is 4.31. The smallest absolute Gasteiger partial charge is 0.113 e. The van der Waals surface area contributed by atoms with Crippen molar-refractivity contribution in [1.29, 1.82) is 0 Å². The zero-order valence-electron chi connectivity index (χ0n) is 9.62. The first-order valence-corrected chi connectivity index (χ1v) is 6.90. The first-order chi connectivity index (χ1) is 8.43. The Morgan fingerprint density at radius 1 is 1.06 bits per heavy atom. The van der Waals surface area contributed by atoms with Crippen LogP contribution in [0.3, 0.4) is 0 Å². The van der Waals surface area contributed by atoms with Gasteiger partial charge in [0.25, 0.3) is 0 Å². The molecule has 0 amide bonds. The molecule has 18 heavy (non-hydrogen) atoms. The molecular weight excluding hydrogens is 335 g/mol. The van der Waals surface area contributed by atoms with Crippen LogP contribution in [0.4, 0.5) is 0 Å². The Bertz CT molecular complexity index is 582. The molecule has 1 N–H and O–H groups in total. The number of rotatable bonds is 2. The van der Waals surface area contributed by atoms with Gasteiger partial charge in [-0.2, -0.15) is 0 Å². The molecule has 0 aromatic heterocycles. The molecule has 2 aromatic carbocycles. The van der Waals surface area contributed by atoms with E-state index in [4.69, 9.17) is 23.2 Å². The number of hydrogen-bond acceptors (Lipinski definition) is 1. The van der Waals surface area contributed by atoms with E-state index in [1.807, 2.05) is 24.3 Å². The summed E-state index contributed by atoms with van der Waals surface area (Å²) in [5, 5.41) is 11.6. The fraction of sp³-hybridized carbons (Fsp3) is 0.143. The van der Waals surface area contributed by atoms with Crippen LogP contribution >= 0.6 is 39.1 Å². The van der Waals surface area contributed by atoms with E-state index in [-0.39, 0.29) is 0 Å². The van der Waals surface area contributed by atoms with Crippen molar-refractivity contribution in [2.75, 3.05) is 0 Å². The summed E-state index contributed by atoms with van der Waals surface area (Å²) in [4.78, 5) is 0. The Kier molecular flexibility index (Phi) is 4.02. The highest BCUT2D eigenvalue weighted by atomic mass is 79.9. The highest BCUT2D eigenvalue weighted by Crippen LogP contribution is 2.36. The lowest BCUT2D eigenvalue weighted by Crippen LogP contribution is -2.23. The maximum atomic E-state index is 10.7. The molecule has 0 fully saturated rings. The Labute approximate surface area is 124 Å². The SMILES string of the molecule is CC(O)(c1ccc(Cl)c(Cl)c1)c1ccccc1Br. The van der Waals surface area contributed by atoms with E-state index in [9.17, 15) is 5.11 Å². The van der Waals surface area contributed by atoms with Crippen molar-refractivity contribution in [2.24, 2.45) is 0 Å². The van der Waals surface area contributed by atoms with Crippen LogP contribution < -0.4 is 0 Å². The number of aliphatic hydroxyl groups is 1. The van der Waals surface area contributed by atoms with E-state index >= 15 is 0 Å². The van der Waals surface area contributed by atoms with E-state index in [0.717, 1.165) is 10.0 Å².